The van der Waals surface area contributed by atoms with Gasteiger partial charge in [-0.1, -0.05) is 12.1 Å². The van der Waals surface area contributed by atoms with Crippen LogP contribution in [0.25, 0.3) is 0 Å². The van der Waals surface area contributed by atoms with Crippen LogP contribution < -0.4 is 9.47 Å². The summed E-state index contributed by atoms with van der Waals surface area (Å²) in [6.07, 6.45) is 0.379. The number of para-hydroxylation sites is 1. The summed E-state index contributed by atoms with van der Waals surface area (Å²) in [4.78, 5) is 43.0. The fourth-order valence-corrected chi connectivity index (χ4v) is 3.53. The SMILES string of the molecule is CC(=O)Oc1ccccc1C(=O)OCOC(=O)c1ccc(OCCCON(O)O)c(CN2CCOCC2)c1. The van der Waals surface area contributed by atoms with Gasteiger partial charge in [-0.2, -0.15) is 0 Å². The molecule has 1 aliphatic rings. The first kappa shape index (κ1) is 29.0. The van der Waals surface area contributed by atoms with Crippen LogP contribution in [0.3, 0.4) is 0 Å². The summed E-state index contributed by atoms with van der Waals surface area (Å²) in [5, 5.41) is 16.8. The molecule has 1 saturated heterocycles. The van der Waals surface area contributed by atoms with E-state index in [9.17, 15) is 14.4 Å². The third-order valence-electron chi connectivity index (χ3n) is 5.29. The van der Waals surface area contributed by atoms with Gasteiger partial charge in [-0.15, -0.1) is 0 Å². The topological polar surface area (TPSA) is 154 Å². The zero-order valence-corrected chi connectivity index (χ0v) is 20.9. The van der Waals surface area contributed by atoms with Crippen molar-refractivity contribution in [3.8, 4) is 11.5 Å². The first-order valence-corrected chi connectivity index (χ1v) is 11.8. The summed E-state index contributed by atoms with van der Waals surface area (Å²) in [5.41, 5.74) is 0.987. The van der Waals surface area contributed by atoms with Crippen LogP contribution in [0.1, 0.15) is 39.6 Å². The van der Waals surface area contributed by atoms with Crippen molar-refractivity contribution in [3.63, 3.8) is 0 Å². The van der Waals surface area contributed by atoms with E-state index >= 15 is 0 Å². The molecule has 0 bridgehead atoms. The van der Waals surface area contributed by atoms with Crippen LogP contribution in [0, 0.1) is 0 Å². The molecule has 0 amide bonds. The van der Waals surface area contributed by atoms with Crippen LogP contribution in [0.15, 0.2) is 42.5 Å². The predicted octanol–water partition coefficient (Wildman–Crippen LogP) is 2.20. The van der Waals surface area contributed by atoms with Gasteiger partial charge in [0, 0.05) is 38.5 Å². The quantitative estimate of drug-likeness (QED) is 0.127. The van der Waals surface area contributed by atoms with Crippen LogP contribution >= 0.6 is 0 Å². The normalized spacial score (nSPS) is 13.7. The van der Waals surface area contributed by atoms with Gasteiger partial charge in [0.25, 0.3) is 0 Å². The van der Waals surface area contributed by atoms with Crippen LogP contribution in [0.2, 0.25) is 0 Å². The summed E-state index contributed by atoms with van der Waals surface area (Å²) in [5.74, 6) is -1.53. The van der Waals surface area contributed by atoms with Crippen molar-refractivity contribution < 1.29 is 53.3 Å². The molecule has 13 heteroatoms. The van der Waals surface area contributed by atoms with Gasteiger partial charge in [-0.05, 0) is 30.3 Å². The zero-order valence-electron chi connectivity index (χ0n) is 20.9. The van der Waals surface area contributed by atoms with E-state index in [-0.39, 0.29) is 35.5 Å². The maximum Gasteiger partial charge on any atom is 0.344 e. The minimum Gasteiger partial charge on any atom is -0.493 e. The molecule has 1 aliphatic heterocycles. The van der Waals surface area contributed by atoms with Crippen LogP contribution in [-0.4, -0.2) is 84.9 Å². The van der Waals surface area contributed by atoms with E-state index in [4.69, 9.17) is 34.1 Å². The smallest absolute Gasteiger partial charge is 0.344 e. The monoisotopic (exact) mass is 534 g/mol. The number of hydrogen-bond acceptors (Lipinski definition) is 13. The Balaban J connectivity index is 1.60. The number of esters is 3. The van der Waals surface area contributed by atoms with Crippen molar-refractivity contribution in [1.82, 2.24) is 10.3 Å². The third-order valence-corrected chi connectivity index (χ3v) is 5.29. The average Bonchev–Trinajstić information content (AvgIpc) is 2.89. The van der Waals surface area contributed by atoms with Crippen LogP contribution in [0.4, 0.5) is 0 Å². The third kappa shape index (κ3) is 9.37. The van der Waals surface area contributed by atoms with Gasteiger partial charge in [0.05, 0.1) is 37.4 Å². The average molecular weight is 535 g/mol. The predicted molar refractivity (Wildman–Crippen MR) is 127 cm³/mol. The van der Waals surface area contributed by atoms with Crippen molar-refractivity contribution in [2.24, 2.45) is 0 Å². The molecule has 13 nitrogen and oxygen atoms in total. The van der Waals surface area contributed by atoms with Gasteiger partial charge in [-0.3, -0.25) is 24.9 Å². The van der Waals surface area contributed by atoms with Gasteiger partial charge in [0.1, 0.15) is 17.1 Å². The highest BCUT2D eigenvalue weighted by Crippen LogP contribution is 2.24. The van der Waals surface area contributed by atoms with E-state index < -0.39 is 24.7 Å². The maximum atomic E-state index is 12.7. The lowest BCUT2D eigenvalue weighted by atomic mass is 10.1. The highest BCUT2D eigenvalue weighted by atomic mass is 17.1. The standard InChI is InChI=1S/C25H30N2O11/c1-18(28)38-23-6-3-2-5-21(23)25(30)36-17-35-24(29)19-7-8-22(34-11-4-12-37-27(31)32)20(15-19)16-26-9-13-33-14-10-26/h2-3,5-8,15,31-32H,4,9-14,16-17H2,1H3. The number of carbonyl (C=O) groups excluding carboxylic acids is 3. The molecule has 0 saturated carbocycles. The van der Waals surface area contributed by atoms with E-state index in [0.717, 1.165) is 18.7 Å². The molecule has 1 heterocycles. The summed E-state index contributed by atoms with van der Waals surface area (Å²) < 4.78 is 26.4. The van der Waals surface area contributed by atoms with E-state index in [2.05, 4.69) is 9.74 Å². The molecule has 1 fully saturated rings. The molecule has 0 radical (unpaired) electrons. The minimum atomic E-state index is -0.819. The van der Waals surface area contributed by atoms with Crippen molar-refractivity contribution >= 4 is 17.9 Å². The second kappa shape index (κ2) is 15.0. The fourth-order valence-electron chi connectivity index (χ4n) is 3.53. The molecule has 0 unspecified atom stereocenters. The second-order valence-corrected chi connectivity index (χ2v) is 8.07. The Labute approximate surface area is 218 Å². The first-order chi connectivity index (χ1) is 18.3. The number of ether oxygens (including phenoxy) is 5. The summed E-state index contributed by atoms with van der Waals surface area (Å²) >= 11 is 0. The van der Waals surface area contributed by atoms with E-state index in [1.165, 1.54) is 25.1 Å². The summed E-state index contributed by atoms with van der Waals surface area (Å²) in [6.45, 7) is 3.96. The highest BCUT2D eigenvalue weighted by Gasteiger charge is 2.19. The minimum absolute atomic E-state index is 0.0177. The molecule has 0 aromatic heterocycles. The molecular formula is C25H30N2O11. The lowest BCUT2D eigenvalue weighted by molar-refractivity contribution is -0.492. The van der Waals surface area contributed by atoms with Crippen molar-refractivity contribution in [2.45, 2.75) is 19.9 Å². The van der Waals surface area contributed by atoms with Gasteiger partial charge in [-0.25, -0.2) is 9.59 Å². The maximum absolute atomic E-state index is 12.7. The van der Waals surface area contributed by atoms with Gasteiger partial charge < -0.3 is 23.7 Å². The molecular weight excluding hydrogens is 504 g/mol. The van der Waals surface area contributed by atoms with E-state index in [0.29, 0.717) is 31.9 Å². The Kier molecular flexibility index (Phi) is 11.4. The van der Waals surface area contributed by atoms with Crippen LogP contribution in [0.5, 0.6) is 11.5 Å². The Bertz CT molecular complexity index is 1090. The largest absolute Gasteiger partial charge is 0.493 e. The Hall–Kier alpha value is -3.59. The number of carbonyl (C=O) groups is 3. The van der Waals surface area contributed by atoms with E-state index in [1.54, 1.807) is 24.3 Å². The Morgan fingerprint density at radius 1 is 0.974 bits per heavy atom. The number of nitrogens with zero attached hydrogens (tertiary/aromatic N) is 2. The molecule has 0 atom stereocenters. The molecule has 0 spiro atoms. The Morgan fingerprint density at radius 2 is 1.71 bits per heavy atom. The summed E-state index contributed by atoms with van der Waals surface area (Å²) in [7, 11) is 0. The second-order valence-electron chi connectivity index (χ2n) is 8.07. The first-order valence-electron chi connectivity index (χ1n) is 11.8. The van der Waals surface area contributed by atoms with Crippen molar-refractivity contribution in [2.75, 3.05) is 46.3 Å². The van der Waals surface area contributed by atoms with Crippen LogP contribution in [-0.2, 0) is 30.4 Å². The molecule has 3 rings (SSSR count). The molecule has 2 aromatic carbocycles. The van der Waals surface area contributed by atoms with Gasteiger partial charge in [0.15, 0.2) is 0 Å². The van der Waals surface area contributed by atoms with Gasteiger partial charge in [0.2, 0.25) is 6.79 Å². The van der Waals surface area contributed by atoms with Crippen molar-refractivity contribution in [1.29, 1.82) is 0 Å². The lowest BCUT2D eigenvalue weighted by Gasteiger charge is -2.27. The highest BCUT2D eigenvalue weighted by molar-refractivity contribution is 5.93. The Morgan fingerprint density at radius 3 is 2.45 bits per heavy atom. The zero-order chi connectivity index (χ0) is 27.3. The van der Waals surface area contributed by atoms with Gasteiger partial charge >= 0.3 is 17.9 Å². The number of morpholine rings is 1. The molecule has 38 heavy (non-hydrogen) atoms. The molecule has 0 aliphatic carbocycles. The molecule has 2 N–H and O–H groups in total. The van der Waals surface area contributed by atoms with Crippen molar-refractivity contribution in [3.05, 3.63) is 59.2 Å². The number of benzene rings is 2. The van der Waals surface area contributed by atoms with E-state index in [1.807, 2.05) is 0 Å². The summed E-state index contributed by atoms with van der Waals surface area (Å²) in [6, 6.07) is 10.9. The molecule has 2 aromatic rings. The lowest BCUT2D eigenvalue weighted by Crippen LogP contribution is -2.35. The molecule has 206 valence electrons. The number of rotatable bonds is 13. The number of hydrogen-bond donors (Lipinski definition) is 2. The fraction of sp³-hybridized carbons (Fsp3) is 0.400.